The highest BCUT2D eigenvalue weighted by Gasteiger charge is 2.12. The highest BCUT2D eigenvalue weighted by Crippen LogP contribution is 2.14. The zero-order valence-corrected chi connectivity index (χ0v) is 15.1. The number of ether oxygens (including phenoxy) is 1. The van der Waals surface area contributed by atoms with Gasteiger partial charge in [0.05, 0.1) is 6.61 Å². The molecule has 1 saturated heterocycles. The van der Waals surface area contributed by atoms with Crippen LogP contribution in [0.4, 0.5) is 0 Å². The average molecular weight is 319 g/mol. The third-order valence-electron chi connectivity index (χ3n) is 4.48. The number of hydrogen-bond acceptors (Lipinski definition) is 4. The van der Waals surface area contributed by atoms with E-state index in [1.807, 2.05) is 0 Å². The average Bonchev–Trinajstić information content (AvgIpc) is 2.55. The van der Waals surface area contributed by atoms with Crippen molar-refractivity contribution in [2.75, 3.05) is 67.0 Å². The van der Waals surface area contributed by atoms with E-state index in [9.17, 15) is 0 Å². The lowest BCUT2D eigenvalue weighted by molar-refractivity contribution is 0.153. The Labute approximate surface area is 142 Å². The van der Waals surface area contributed by atoms with Crippen LogP contribution < -0.4 is 4.74 Å². The van der Waals surface area contributed by atoms with Crippen LogP contribution in [0.15, 0.2) is 24.3 Å². The van der Waals surface area contributed by atoms with Crippen LogP contribution >= 0.6 is 0 Å². The van der Waals surface area contributed by atoms with Crippen molar-refractivity contribution in [3.8, 4) is 5.75 Å². The number of hydrogen-bond donors (Lipinski definition) is 0. The van der Waals surface area contributed by atoms with Gasteiger partial charge in [0.2, 0.25) is 0 Å². The lowest BCUT2D eigenvalue weighted by Crippen LogP contribution is -2.44. The number of nitrogens with zero attached hydrogens (tertiary/aromatic N) is 3. The van der Waals surface area contributed by atoms with Crippen LogP contribution in [0.1, 0.15) is 18.4 Å². The summed E-state index contributed by atoms with van der Waals surface area (Å²) in [4.78, 5) is 7.18. The summed E-state index contributed by atoms with van der Waals surface area (Å²) in [6.07, 6.45) is 3.47. The molecular formula is C19H33N3O. The van der Waals surface area contributed by atoms with E-state index in [1.54, 1.807) is 0 Å². The van der Waals surface area contributed by atoms with E-state index in [2.05, 4.69) is 60.1 Å². The summed E-state index contributed by atoms with van der Waals surface area (Å²) in [6.45, 7) is 7.94. The second-order valence-corrected chi connectivity index (χ2v) is 6.90. The van der Waals surface area contributed by atoms with Crippen molar-refractivity contribution in [3.63, 3.8) is 0 Å². The normalized spacial score (nSPS) is 16.9. The first kappa shape index (κ1) is 18.2. The molecule has 1 heterocycles. The first-order valence-corrected chi connectivity index (χ1v) is 8.91. The van der Waals surface area contributed by atoms with Crippen molar-refractivity contribution in [2.24, 2.45) is 0 Å². The van der Waals surface area contributed by atoms with Gasteiger partial charge in [-0.15, -0.1) is 0 Å². The van der Waals surface area contributed by atoms with Crippen LogP contribution in [0.3, 0.4) is 0 Å². The molecule has 4 heteroatoms. The molecule has 0 aromatic heterocycles. The fourth-order valence-corrected chi connectivity index (χ4v) is 2.90. The Morgan fingerprint density at radius 3 is 2.35 bits per heavy atom. The van der Waals surface area contributed by atoms with Crippen molar-refractivity contribution in [2.45, 2.75) is 19.3 Å². The first-order chi connectivity index (χ1) is 11.1. The Hall–Kier alpha value is -1.10. The summed E-state index contributed by atoms with van der Waals surface area (Å²) in [6, 6.07) is 8.65. The molecule has 130 valence electrons. The molecule has 0 amide bonds. The van der Waals surface area contributed by atoms with Gasteiger partial charge in [0, 0.05) is 32.7 Å². The van der Waals surface area contributed by atoms with Gasteiger partial charge in [0.15, 0.2) is 0 Å². The third kappa shape index (κ3) is 7.34. The van der Waals surface area contributed by atoms with Crippen LogP contribution in [0.5, 0.6) is 5.75 Å². The SMILES string of the molecule is CN(C)CCCOc1ccc(CCCN2CCN(C)CC2)cc1. The largest absolute Gasteiger partial charge is 0.494 e. The monoisotopic (exact) mass is 319 g/mol. The third-order valence-corrected chi connectivity index (χ3v) is 4.48. The van der Waals surface area contributed by atoms with Crippen LogP contribution in [0, 0.1) is 0 Å². The standard InChI is InChI=1S/C19H33N3O/c1-20(2)11-5-17-23-19-9-7-18(8-10-19)6-4-12-22-15-13-21(3)14-16-22/h7-10H,4-6,11-17H2,1-3H3. The first-order valence-electron chi connectivity index (χ1n) is 8.91. The second kappa shape index (κ2) is 9.91. The maximum Gasteiger partial charge on any atom is 0.119 e. The molecular weight excluding hydrogens is 286 g/mol. The number of likely N-dealkylation sites (N-methyl/N-ethyl adjacent to an activating group) is 1. The van der Waals surface area contributed by atoms with Gasteiger partial charge in [-0.2, -0.15) is 0 Å². The molecule has 0 spiro atoms. The molecule has 2 rings (SSSR count). The van der Waals surface area contributed by atoms with Gasteiger partial charge in [-0.1, -0.05) is 12.1 Å². The predicted octanol–water partition coefficient (Wildman–Crippen LogP) is 2.20. The predicted molar refractivity (Wildman–Crippen MR) is 97.4 cm³/mol. The maximum atomic E-state index is 5.78. The lowest BCUT2D eigenvalue weighted by Gasteiger charge is -2.32. The Morgan fingerprint density at radius 1 is 1.00 bits per heavy atom. The van der Waals surface area contributed by atoms with Gasteiger partial charge in [-0.25, -0.2) is 0 Å². The molecule has 23 heavy (non-hydrogen) atoms. The molecule has 0 saturated carbocycles. The van der Waals surface area contributed by atoms with Crippen LogP contribution in [0.25, 0.3) is 0 Å². The zero-order chi connectivity index (χ0) is 16.5. The summed E-state index contributed by atoms with van der Waals surface area (Å²) >= 11 is 0. The smallest absolute Gasteiger partial charge is 0.119 e. The van der Waals surface area contributed by atoms with Gasteiger partial charge >= 0.3 is 0 Å². The number of benzene rings is 1. The van der Waals surface area contributed by atoms with Gasteiger partial charge in [0.25, 0.3) is 0 Å². The molecule has 0 N–H and O–H groups in total. The van der Waals surface area contributed by atoms with Crippen LogP contribution in [-0.4, -0.2) is 81.7 Å². The van der Waals surface area contributed by atoms with E-state index in [1.165, 1.54) is 44.7 Å². The summed E-state index contributed by atoms with van der Waals surface area (Å²) in [5.41, 5.74) is 1.42. The molecule has 1 fully saturated rings. The van der Waals surface area contributed by atoms with Crippen molar-refractivity contribution < 1.29 is 4.74 Å². The Morgan fingerprint density at radius 2 is 1.70 bits per heavy atom. The van der Waals surface area contributed by atoms with E-state index in [0.29, 0.717) is 0 Å². The molecule has 1 aliphatic heterocycles. The number of aryl methyl sites for hydroxylation is 1. The van der Waals surface area contributed by atoms with Crippen LogP contribution in [0.2, 0.25) is 0 Å². The molecule has 0 unspecified atom stereocenters. The highest BCUT2D eigenvalue weighted by molar-refractivity contribution is 5.27. The minimum Gasteiger partial charge on any atom is -0.494 e. The highest BCUT2D eigenvalue weighted by atomic mass is 16.5. The molecule has 1 aliphatic rings. The summed E-state index contributed by atoms with van der Waals surface area (Å²) < 4.78 is 5.78. The van der Waals surface area contributed by atoms with Gasteiger partial charge < -0.3 is 19.4 Å². The molecule has 0 radical (unpaired) electrons. The van der Waals surface area contributed by atoms with E-state index in [4.69, 9.17) is 4.74 Å². The van der Waals surface area contributed by atoms with Gasteiger partial charge in [0.1, 0.15) is 5.75 Å². The van der Waals surface area contributed by atoms with Gasteiger partial charge in [-0.3, -0.25) is 0 Å². The second-order valence-electron chi connectivity index (χ2n) is 6.90. The van der Waals surface area contributed by atoms with E-state index >= 15 is 0 Å². The topological polar surface area (TPSA) is 19.0 Å². The quantitative estimate of drug-likeness (QED) is 0.650. The fraction of sp³-hybridized carbons (Fsp3) is 0.684. The Bertz CT molecular complexity index is 425. The molecule has 1 aromatic rings. The van der Waals surface area contributed by atoms with Crippen LogP contribution in [-0.2, 0) is 6.42 Å². The van der Waals surface area contributed by atoms with Crippen molar-refractivity contribution in [1.29, 1.82) is 0 Å². The van der Waals surface area contributed by atoms with Crippen molar-refractivity contribution in [1.82, 2.24) is 14.7 Å². The fourth-order valence-electron chi connectivity index (χ4n) is 2.90. The number of piperazine rings is 1. The van der Waals surface area contributed by atoms with E-state index < -0.39 is 0 Å². The molecule has 1 aromatic carbocycles. The summed E-state index contributed by atoms with van der Waals surface area (Å²) in [5.74, 6) is 0.992. The van der Waals surface area contributed by atoms with Gasteiger partial charge in [-0.05, 0) is 64.6 Å². The maximum absolute atomic E-state index is 5.78. The minimum absolute atomic E-state index is 0.793. The lowest BCUT2D eigenvalue weighted by atomic mass is 10.1. The zero-order valence-electron chi connectivity index (χ0n) is 15.1. The summed E-state index contributed by atoms with van der Waals surface area (Å²) in [5, 5.41) is 0. The van der Waals surface area contributed by atoms with Crippen molar-refractivity contribution in [3.05, 3.63) is 29.8 Å². The molecule has 0 bridgehead atoms. The Kier molecular flexibility index (Phi) is 7.86. The molecule has 4 nitrogen and oxygen atoms in total. The summed E-state index contributed by atoms with van der Waals surface area (Å²) in [7, 11) is 6.40. The van der Waals surface area contributed by atoms with E-state index in [0.717, 1.165) is 31.7 Å². The minimum atomic E-state index is 0.793. The number of rotatable bonds is 9. The van der Waals surface area contributed by atoms with E-state index in [-0.39, 0.29) is 0 Å². The molecule has 0 aliphatic carbocycles. The van der Waals surface area contributed by atoms with Crippen molar-refractivity contribution >= 4 is 0 Å². The Balaban J connectivity index is 1.61. The molecule has 0 atom stereocenters.